The Morgan fingerprint density at radius 2 is 1.22 bits per heavy atom. The fourth-order valence-electron chi connectivity index (χ4n) is 5.51. The minimum absolute atomic E-state index is 0.174. The number of benzene rings is 4. The van der Waals surface area contributed by atoms with Crippen LogP contribution in [0.25, 0.3) is 0 Å². The number of nitrogens with one attached hydrogen (secondary N) is 1. The summed E-state index contributed by atoms with van der Waals surface area (Å²) in [6, 6.07) is 34.5. The molecule has 0 aliphatic carbocycles. The summed E-state index contributed by atoms with van der Waals surface area (Å²) in [6.45, 7) is 17.2. The summed E-state index contributed by atoms with van der Waals surface area (Å²) < 4.78 is 23.6. The van der Waals surface area contributed by atoms with Crippen molar-refractivity contribution in [1.29, 1.82) is 0 Å². The first-order valence-corrected chi connectivity index (χ1v) is 16.8. The molecule has 0 bridgehead atoms. The maximum atomic E-state index is 13.4. The van der Waals surface area contributed by atoms with Crippen molar-refractivity contribution in [2.24, 2.45) is 5.41 Å². The molecule has 1 aliphatic heterocycles. The highest BCUT2D eigenvalue weighted by Gasteiger charge is 2.41. The van der Waals surface area contributed by atoms with Crippen LogP contribution in [-0.4, -0.2) is 8.96 Å². The van der Waals surface area contributed by atoms with Crippen LogP contribution < -0.4 is 25.4 Å². The molecule has 1 heterocycles. The molecule has 4 aromatic rings. The molecule has 0 aromatic heterocycles. The Hall–Kier alpha value is -2.78. The van der Waals surface area contributed by atoms with Crippen LogP contribution in [0.2, 0.25) is 0 Å². The lowest BCUT2D eigenvalue weighted by molar-refractivity contribution is 0.297. The third-order valence-electron chi connectivity index (χ3n) is 7.82. The molecule has 5 rings (SSSR count). The molecule has 4 aromatic carbocycles. The topological polar surface area (TPSA) is 38.3 Å². The van der Waals surface area contributed by atoms with Gasteiger partial charge in [0.1, 0.15) is 11.5 Å². The Morgan fingerprint density at radius 3 is 1.73 bits per heavy atom. The highest BCUT2D eigenvalue weighted by molar-refractivity contribution is 7.84. The predicted octanol–water partition coefficient (Wildman–Crippen LogP) is 8.02. The number of rotatable bonds is 6. The summed E-state index contributed by atoms with van der Waals surface area (Å²) in [4.78, 5) is 0. The van der Waals surface area contributed by atoms with E-state index in [1.54, 1.807) is 0 Å². The number of para-hydroxylation sites is 2. The van der Waals surface area contributed by atoms with Crippen molar-refractivity contribution >= 4 is 34.8 Å². The van der Waals surface area contributed by atoms with Crippen LogP contribution >= 0.6 is 7.92 Å². The van der Waals surface area contributed by atoms with Crippen LogP contribution in [0.15, 0.2) is 97.1 Å². The molecule has 0 amide bonds. The molecule has 2 atom stereocenters. The van der Waals surface area contributed by atoms with E-state index in [9.17, 15) is 4.21 Å². The summed E-state index contributed by atoms with van der Waals surface area (Å²) in [7, 11) is -2.10. The van der Waals surface area contributed by atoms with Crippen LogP contribution in [0.1, 0.15) is 78.1 Å². The van der Waals surface area contributed by atoms with E-state index in [4.69, 9.17) is 4.74 Å². The molecule has 0 spiro atoms. The fraction of sp³-hybridized carbons (Fsp3) is 0.333. The largest absolute Gasteiger partial charge is 0.456 e. The van der Waals surface area contributed by atoms with Gasteiger partial charge in [-0.2, -0.15) is 0 Å². The van der Waals surface area contributed by atoms with E-state index in [0.29, 0.717) is 0 Å². The second kappa shape index (κ2) is 11.1. The Kier molecular flexibility index (Phi) is 8.07. The monoisotopic (exact) mass is 583 g/mol. The van der Waals surface area contributed by atoms with E-state index >= 15 is 0 Å². The molecule has 1 N–H and O–H groups in total. The highest BCUT2D eigenvalue weighted by atomic mass is 32.2. The summed E-state index contributed by atoms with van der Waals surface area (Å²) >= 11 is 0. The fourth-order valence-corrected chi connectivity index (χ4v) is 8.96. The van der Waals surface area contributed by atoms with E-state index in [0.717, 1.165) is 22.6 Å². The van der Waals surface area contributed by atoms with Gasteiger partial charge >= 0.3 is 0 Å². The summed E-state index contributed by atoms with van der Waals surface area (Å²) in [5.74, 6) is 1.83. The second-order valence-electron chi connectivity index (χ2n) is 13.4. The van der Waals surface area contributed by atoms with Gasteiger partial charge < -0.3 is 4.74 Å². The average Bonchev–Trinajstić information content (AvgIpc) is 2.92. The zero-order valence-corrected chi connectivity index (χ0v) is 27.2. The smallest absolute Gasteiger partial charge is 0.139 e. The zero-order chi connectivity index (χ0) is 29.6. The quantitative estimate of drug-likeness (QED) is 0.234. The predicted molar refractivity (Wildman–Crippen MR) is 177 cm³/mol. The van der Waals surface area contributed by atoms with Gasteiger partial charge in [-0.1, -0.05) is 132 Å². The first-order valence-electron chi connectivity index (χ1n) is 14.3. The van der Waals surface area contributed by atoms with Gasteiger partial charge in [-0.3, -0.25) is 0 Å². The van der Waals surface area contributed by atoms with Crippen molar-refractivity contribution in [3.05, 3.63) is 114 Å². The SMILES string of the molecule is CC1(C)c2cccc([C@H](NS(=O)C(C)(C)C)C(C)(C)C)c2Oc2c(P(c3ccccc3)c3ccccc3)cccc21. The molecule has 5 heteroatoms. The lowest BCUT2D eigenvalue weighted by Crippen LogP contribution is -2.41. The van der Waals surface area contributed by atoms with Crippen molar-refractivity contribution in [3.63, 3.8) is 0 Å². The third-order valence-corrected chi connectivity index (χ3v) is 11.8. The van der Waals surface area contributed by atoms with Gasteiger partial charge in [0.15, 0.2) is 0 Å². The summed E-state index contributed by atoms with van der Waals surface area (Å²) in [6.07, 6.45) is 0. The molecule has 214 valence electrons. The van der Waals surface area contributed by atoms with Crippen LogP contribution in [0.4, 0.5) is 0 Å². The van der Waals surface area contributed by atoms with E-state index in [1.165, 1.54) is 21.5 Å². The molecule has 3 nitrogen and oxygen atoms in total. The van der Waals surface area contributed by atoms with Gasteiger partial charge in [-0.05, 0) is 44.7 Å². The van der Waals surface area contributed by atoms with Gasteiger partial charge in [0.05, 0.1) is 21.8 Å². The van der Waals surface area contributed by atoms with Gasteiger partial charge in [-0.25, -0.2) is 8.93 Å². The molecular weight excluding hydrogens is 541 g/mol. The Bertz CT molecular complexity index is 1510. The normalized spacial score (nSPS) is 15.9. The van der Waals surface area contributed by atoms with Crippen LogP contribution in [0.3, 0.4) is 0 Å². The molecular formula is C36H42NO2PS. The third kappa shape index (κ3) is 5.80. The number of ether oxygens (including phenoxy) is 1. The van der Waals surface area contributed by atoms with E-state index in [2.05, 4.69) is 136 Å². The standard InChI is InChI=1S/C36H42NO2PS/c1-34(2,3)33(37-41(38)35(4,5)6)27-21-15-22-28-31(27)39-32-29(36(28,7)8)23-16-24-30(32)40(25-17-11-9-12-18-25)26-19-13-10-14-20-26/h9-24,33,37H,1-8H3/t33-,41?/m0/s1. The van der Waals surface area contributed by atoms with Gasteiger partial charge in [0, 0.05) is 27.4 Å². The number of hydrogen-bond acceptors (Lipinski definition) is 2. The van der Waals surface area contributed by atoms with E-state index in [1.807, 2.05) is 20.8 Å². The second-order valence-corrected chi connectivity index (χ2v) is 17.6. The van der Waals surface area contributed by atoms with E-state index in [-0.39, 0.29) is 21.6 Å². The molecule has 0 radical (unpaired) electrons. The first kappa shape index (κ1) is 29.7. The molecule has 41 heavy (non-hydrogen) atoms. The maximum absolute atomic E-state index is 13.4. The minimum Gasteiger partial charge on any atom is -0.456 e. The van der Waals surface area contributed by atoms with Crippen LogP contribution in [-0.2, 0) is 16.4 Å². The van der Waals surface area contributed by atoms with E-state index < -0.39 is 18.9 Å². The average molecular weight is 584 g/mol. The van der Waals surface area contributed by atoms with Crippen molar-refractivity contribution in [3.8, 4) is 11.5 Å². The van der Waals surface area contributed by atoms with Crippen molar-refractivity contribution in [2.45, 2.75) is 71.6 Å². The van der Waals surface area contributed by atoms with Gasteiger partial charge in [0.25, 0.3) is 0 Å². The molecule has 1 unspecified atom stereocenters. The maximum Gasteiger partial charge on any atom is 0.139 e. The molecule has 0 saturated heterocycles. The number of fused-ring (bicyclic) bond motifs is 2. The zero-order valence-electron chi connectivity index (χ0n) is 25.5. The van der Waals surface area contributed by atoms with Crippen LogP contribution in [0.5, 0.6) is 11.5 Å². The Balaban J connectivity index is 1.71. The van der Waals surface area contributed by atoms with Crippen LogP contribution in [0, 0.1) is 5.41 Å². The van der Waals surface area contributed by atoms with Crippen molar-refractivity contribution < 1.29 is 8.95 Å². The summed E-state index contributed by atoms with van der Waals surface area (Å²) in [5, 5.41) is 3.79. The molecule has 1 aliphatic rings. The minimum atomic E-state index is -1.24. The highest BCUT2D eigenvalue weighted by Crippen LogP contribution is 2.53. The Morgan fingerprint density at radius 1 is 0.707 bits per heavy atom. The molecule has 0 fully saturated rings. The van der Waals surface area contributed by atoms with Gasteiger partial charge in [0.2, 0.25) is 0 Å². The Labute approximate surface area is 250 Å². The number of hydrogen-bond donors (Lipinski definition) is 1. The van der Waals surface area contributed by atoms with Crippen molar-refractivity contribution in [2.75, 3.05) is 0 Å². The first-order chi connectivity index (χ1) is 19.3. The van der Waals surface area contributed by atoms with Crippen molar-refractivity contribution in [1.82, 2.24) is 4.72 Å². The van der Waals surface area contributed by atoms with Gasteiger partial charge in [-0.15, -0.1) is 0 Å². The lowest BCUT2D eigenvalue weighted by Gasteiger charge is -2.40. The lowest BCUT2D eigenvalue weighted by atomic mass is 9.73. The molecule has 0 saturated carbocycles. The summed E-state index contributed by atoms with van der Waals surface area (Å²) in [5.41, 5.74) is 2.90.